The Morgan fingerprint density at radius 2 is 2.00 bits per heavy atom. The summed E-state index contributed by atoms with van der Waals surface area (Å²) in [7, 11) is 0. The average Bonchev–Trinajstić information content (AvgIpc) is 3.31. The van der Waals surface area contributed by atoms with Gasteiger partial charge in [-0.3, -0.25) is 0 Å². The van der Waals surface area contributed by atoms with Gasteiger partial charge in [-0.2, -0.15) is 0 Å². The number of ether oxygens (including phenoxy) is 1. The number of para-hydroxylation sites is 1. The summed E-state index contributed by atoms with van der Waals surface area (Å²) < 4.78 is 5.89. The second-order valence-electron chi connectivity index (χ2n) is 5.63. The van der Waals surface area contributed by atoms with Crippen molar-refractivity contribution in [2.75, 3.05) is 0 Å². The van der Waals surface area contributed by atoms with Gasteiger partial charge in [0.15, 0.2) is 0 Å². The molecular formula is C18H22N2O. The van der Waals surface area contributed by atoms with Crippen molar-refractivity contribution in [2.45, 2.75) is 45.2 Å². The first-order valence-electron chi connectivity index (χ1n) is 7.79. The summed E-state index contributed by atoms with van der Waals surface area (Å²) in [6.07, 6.45) is 4.69. The van der Waals surface area contributed by atoms with Crippen LogP contribution in [0.4, 0.5) is 0 Å². The Bertz CT molecular complexity index is 579. The summed E-state index contributed by atoms with van der Waals surface area (Å²) in [4.78, 5) is 4.61. The van der Waals surface area contributed by atoms with Crippen molar-refractivity contribution >= 4 is 0 Å². The van der Waals surface area contributed by atoms with E-state index in [-0.39, 0.29) is 0 Å². The fourth-order valence-corrected chi connectivity index (χ4v) is 2.32. The lowest BCUT2D eigenvalue weighted by Gasteiger charge is -2.10. The van der Waals surface area contributed by atoms with Gasteiger partial charge in [-0.1, -0.05) is 31.5 Å². The molecule has 1 aliphatic rings. The van der Waals surface area contributed by atoms with E-state index in [9.17, 15) is 0 Å². The van der Waals surface area contributed by atoms with E-state index in [1.54, 1.807) is 0 Å². The molecule has 110 valence electrons. The Hall–Kier alpha value is -1.87. The summed E-state index contributed by atoms with van der Waals surface area (Å²) in [5.74, 6) is 1.53. The van der Waals surface area contributed by atoms with Crippen LogP contribution < -0.4 is 10.1 Å². The van der Waals surface area contributed by atoms with Crippen molar-refractivity contribution in [3.63, 3.8) is 0 Å². The molecule has 3 rings (SSSR count). The van der Waals surface area contributed by atoms with Crippen LogP contribution in [0.2, 0.25) is 0 Å². The van der Waals surface area contributed by atoms with Crippen molar-refractivity contribution in [1.82, 2.24) is 10.3 Å². The van der Waals surface area contributed by atoms with Crippen LogP contribution >= 0.6 is 0 Å². The highest BCUT2D eigenvalue weighted by Crippen LogP contribution is 2.23. The third-order valence-electron chi connectivity index (χ3n) is 3.56. The first-order chi connectivity index (χ1) is 10.3. The van der Waals surface area contributed by atoms with Crippen molar-refractivity contribution in [2.24, 2.45) is 0 Å². The molecule has 1 N–H and O–H groups in total. The molecule has 0 unspecified atom stereocenters. The molecule has 1 heterocycles. The lowest BCUT2D eigenvalue weighted by atomic mass is 10.1. The van der Waals surface area contributed by atoms with Gasteiger partial charge in [0.1, 0.15) is 5.75 Å². The van der Waals surface area contributed by atoms with Gasteiger partial charge >= 0.3 is 0 Å². The van der Waals surface area contributed by atoms with Crippen LogP contribution in [-0.2, 0) is 13.0 Å². The minimum atomic E-state index is 0.694. The van der Waals surface area contributed by atoms with E-state index < -0.39 is 0 Å². The number of aromatic nitrogens is 1. The minimum absolute atomic E-state index is 0.694. The normalized spacial score (nSPS) is 14.1. The molecule has 3 heteroatoms. The van der Waals surface area contributed by atoms with E-state index in [0.717, 1.165) is 30.8 Å². The van der Waals surface area contributed by atoms with Gasteiger partial charge in [0.2, 0.25) is 5.88 Å². The van der Waals surface area contributed by atoms with E-state index in [4.69, 9.17) is 4.74 Å². The molecule has 0 amide bonds. The predicted molar refractivity (Wildman–Crippen MR) is 84.6 cm³/mol. The number of benzene rings is 1. The smallest absolute Gasteiger partial charge is 0.219 e. The van der Waals surface area contributed by atoms with E-state index in [2.05, 4.69) is 23.3 Å². The van der Waals surface area contributed by atoms with Crippen LogP contribution in [0, 0.1) is 0 Å². The molecule has 2 aromatic rings. The summed E-state index contributed by atoms with van der Waals surface area (Å²) in [5, 5.41) is 3.55. The van der Waals surface area contributed by atoms with Crippen LogP contribution in [0.15, 0.2) is 42.5 Å². The molecule has 0 saturated heterocycles. The highest BCUT2D eigenvalue weighted by Gasteiger charge is 2.20. The lowest BCUT2D eigenvalue weighted by Crippen LogP contribution is -2.15. The molecule has 1 fully saturated rings. The maximum absolute atomic E-state index is 5.89. The molecule has 3 nitrogen and oxygen atoms in total. The monoisotopic (exact) mass is 282 g/mol. The molecule has 0 atom stereocenters. The minimum Gasteiger partial charge on any atom is -0.439 e. The summed E-state index contributed by atoms with van der Waals surface area (Å²) in [6.45, 7) is 3.07. The van der Waals surface area contributed by atoms with Gasteiger partial charge in [-0.05, 0) is 43.0 Å². The Labute approximate surface area is 126 Å². The van der Waals surface area contributed by atoms with Gasteiger partial charge in [0.25, 0.3) is 0 Å². The zero-order valence-corrected chi connectivity index (χ0v) is 12.5. The fourth-order valence-electron chi connectivity index (χ4n) is 2.32. The SMILES string of the molecule is CCCc1cc(CNC2CC2)cc(Oc2ccccc2)n1. The predicted octanol–water partition coefficient (Wildman–Crippen LogP) is 4.08. The lowest BCUT2D eigenvalue weighted by molar-refractivity contribution is 0.459. The zero-order valence-electron chi connectivity index (χ0n) is 12.5. The molecule has 1 aromatic carbocycles. The van der Waals surface area contributed by atoms with E-state index in [1.807, 2.05) is 36.4 Å². The quantitative estimate of drug-likeness (QED) is 0.831. The Balaban J connectivity index is 1.76. The largest absolute Gasteiger partial charge is 0.439 e. The molecule has 21 heavy (non-hydrogen) atoms. The second kappa shape index (κ2) is 6.72. The topological polar surface area (TPSA) is 34.1 Å². The number of hydrogen-bond donors (Lipinski definition) is 1. The summed E-state index contributed by atoms with van der Waals surface area (Å²) in [6, 6.07) is 14.8. The maximum Gasteiger partial charge on any atom is 0.219 e. The summed E-state index contributed by atoms with van der Waals surface area (Å²) in [5.41, 5.74) is 2.37. The highest BCUT2D eigenvalue weighted by molar-refractivity contribution is 5.31. The average molecular weight is 282 g/mol. The zero-order chi connectivity index (χ0) is 14.5. The van der Waals surface area contributed by atoms with Crippen LogP contribution in [0.1, 0.15) is 37.4 Å². The summed E-state index contributed by atoms with van der Waals surface area (Å²) >= 11 is 0. The van der Waals surface area contributed by atoms with Gasteiger partial charge < -0.3 is 10.1 Å². The Kier molecular flexibility index (Phi) is 4.51. The first kappa shape index (κ1) is 14.1. The van der Waals surface area contributed by atoms with Crippen LogP contribution in [-0.4, -0.2) is 11.0 Å². The second-order valence-corrected chi connectivity index (χ2v) is 5.63. The Morgan fingerprint density at radius 1 is 1.19 bits per heavy atom. The van der Waals surface area contributed by atoms with Crippen molar-refractivity contribution in [1.29, 1.82) is 0 Å². The molecule has 1 aromatic heterocycles. The van der Waals surface area contributed by atoms with Crippen LogP contribution in [0.25, 0.3) is 0 Å². The molecule has 0 bridgehead atoms. The molecule has 0 aliphatic heterocycles. The number of aryl methyl sites for hydroxylation is 1. The molecule has 0 spiro atoms. The number of nitrogens with zero attached hydrogens (tertiary/aromatic N) is 1. The molecule has 1 saturated carbocycles. The van der Waals surface area contributed by atoms with Crippen molar-refractivity contribution in [3.8, 4) is 11.6 Å². The van der Waals surface area contributed by atoms with E-state index in [0.29, 0.717) is 11.9 Å². The third kappa shape index (κ3) is 4.30. The molecule has 0 radical (unpaired) electrons. The number of hydrogen-bond acceptors (Lipinski definition) is 3. The fraction of sp³-hybridized carbons (Fsp3) is 0.389. The van der Waals surface area contributed by atoms with E-state index >= 15 is 0 Å². The standard InChI is InChI=1S/C18H22N2O/c1-2-6-16-11-14(13-19-15-9-10-15)12-18(20-16)21-17-7-4-3-5-8-17/h3-5,7-8,11-12,15,19H,2,6,9-10,13H2,1H3. The van der Waals surface area contributed by atoms with Crippen LogP contribution in [0.3, 0.4) is 0 Å². The van der Waals surface area contributed by atoms with Gasteiger partial charge in [-0.15, -0.1) is 0 Å². The third-order valence-corrected chi connectivity index (χ3v) is 3.56. The van der Waals surface area contributed by atoms with Gasteiger partial charge in [0.05, 0.1) is 0 Å². The molecule has 1 aliphatic carbocycles. The van der Waals surface area contributed by atoms with Crippen molar-refractivity contribution in [3.05, 3.63) is 53.7 Å². The Morgan fingerprint density at radius 3 is 2.71 bits per heavy atom. The highest BCUT2D eigenvalue weighted by atomic mass is 16.5. The number of rotatable bonds is 7. The first-order valence-corrected chi connectivity index (χ1v) is 7.79. The van der Waals surface area contributed by atoms with Crippen LogP contribution in [0.5, 0.6) is 11.6 Å². The van der Waals surface area contributed by atoms with E-state index in [1.165, 1.54) is 18.4 Å². The number of nitrogens with one attached hydrogen (secondary N) is 1. The van der Waals surface area contributed by atoms with Gasteiger partial charge in [0, 0.05) is 24.3 Å². The van der Waals surface area contributed by atoms with Gasteiger partial charge in [-0.25, -0.2) is 4.98 Å². The number of pyridine rings is 1. The maximum atomic E-state index is 5.89. The van der Waals surface area contributed by atoms with Crippen molar-refractivity contribution < 1.29 is 4.74 Å². The molecular weight excluding hydrogens is 260 g/mol.